The summed E-state index contributed by atoms with van der Waals surface area (Å²) >= 11 is 0. The molecule has 0 aliphatic carbocycles. The second kappa shape index (κ2) is 6.08. The monoisotopic (exact) mass is 311 g/mol. The van der Waals surface area contributed by atoms with Gasteiger partial charge in [-0.3, -0.25) is 10.1 Å². The molecule has 1 heterocycles. The number of nitrogens with one attached hydrogen (secondary N) is 1. The van der Waals surface area contributed by atoms with E-state index in [9.17, 15) is 10.1 Å². The van der Waals surface area contributed by atoms with Gasteiger partial charge in [0.2, 0.25) is 0 Å². The van der Waals surface area contributed by atoms with Crippen LogP contribution >= 0.6 is 0 Å². The SMILES string of the molecule is COc1cc(C)ccc1C1=NNC(c2ccc([N+](=O)[O-])cc2)C1. The van der Waals surface area contributed by atoms with E-state index in [1.807, 2.05) is 25.1 Å². The first-order valence-electron chi connectivity index (χ1n) is 7.30. The molecule has 1 atom stereocenters. The van der Waals surface area contributed by atoms with Gasteiger partial charge in [-0.2, -0.15) is 5.10 Å². The van der Waals surface area contributed by atoms with Gasteiger partial charge in [-0.05, 0) is 30.2 Å². The van der Waals surface area contributed by atoms with Crippen LogP contribution in [-0.4, -0.2) is 17.7 Å². The Morgan fingerprint density at radius 3 is 2.65 bits per heavy atom. The van der Waals surface area contributed by atoms with Gasteiger partial charge in [0.1, 0.15) is 5.75 Å². The maximum atomic E-state index is 10.7. The highest BCUT2D eigenvalue weighted by Crippen LogP contribution is 2.29. The lowest BCUT2D eigenvalue weighted by atomic mass is 9.98. The number of nitro groups is 1. The van der Waals surface area contributed by atoms with E-state index in [0.29, 0.717) is 6.42 Å². The van der Waals surface area contributed by atoms with Crippen molar-refractivity contribution in [3.05, 3.63) is 69.3 Å². The van der Waals surface area contributed by atoms with Gasteiger partial charge in [0.15, 0.2) is 0 Å². The first kappa shape index (κ1) is 15.0. The van der Waals surface area contributed by atoms with Crippen LogP contribution in [0.5, 0.6) is 5.75 Å². The van der Waals surface area contributed by atoms with Crippen LogP contribution in [0.2, 0.25) is 0 Å². The normalized spacial score (nSPS) is 16.6. The quantitative estimate of drug-likeness (QED) is 0.694. The third-order valence-electron chi connectivity index (χ3n) is 3.93. The zero-order chi connectivity index (χ0) is 16.4. The lowest BCUT2D eigenvalue weighted by molar-refractivity contribution is -0.384. The molecule has 0 fully saturated rings. The van der Waals surface area contributed by atoms with Gasteiger partial charge in [-0.1, -0.05) is 18.2 Å². The summed E-state index contributed by atoms with van der Waals surface area (Å²) in [5.74, 6) is 0.801. The minimum absolute atomic E-state index is 0.0109. The number of methoxy groups -OCH3 is 1. The Morgan fingerprint density at radius 1 is 1.26 bits per heavy atom. The second-order valence-corrected chi connectivity index (χ2v) is 5.50. The zero-order valence-corrected chi connectivity index (χ0v) is 12.9. The number of nitro benzene ring substituents is 1. The van der Waals surface area contributed by atoms with Crippen LogP contribution in [0, 0.1) is 17.0 Å². The summed E-state index contributed by atoms with van der Waals surface area (Å²) in [5, 5.41) is 15.1. The Morgan fingerprint density at radius 2 is 2.00 bits per heavy atom. The molecular weight excluding hydrogens is 294 g/mol. The van der Waals surface area contributed by atoms with Crippen molar-refractivity contribution < 1.29 is 9.66 Å². The summed E-state index contributed by atoms with van der Waals surface area (Å²) in [6.45, 7) is 2.01. The molecular formula is C17H17N3O3. The molecule has 0 saturated carbocycles. The van der Waals surface area contributed by atoms with Gasteiger partial charge in [-0.15, -0.1) is 0 Å². The van der Waals surface area contributed by atoms with Gasteiger partial charge < -0.3 is 10.2 Å². The van der Waals surface area contributed by atoms with Gasteiger partial charge in [0.05, 0.1) is 23.8 Å². The Kier molecular flexibility index (Phi) is 3.97. The Bertz CT molecular complexity index is 769. The molecule has 6 nitrogen and oxygen atoms in total. The largest absolute Gasteiger partial charge is 0.496 e. The van der Waals surface area contributed by atoms with E-state index in [1.54, 1.807) is 19.2 Å². The summed E-state index contributed by atoms with van der Waals surface area (Å²) in [7, 11) is 1.65. The van der Waals surface area contributed by atoms with Crippen LogP contribution in [0.1, 0.15) is 29.2 Å². The number of non-ortho nitro benzene ring substituents is 1. The molecule has 0 bridgehead atoms. The van der Waals surface area contributed by atoms with Crippen LogP contribution in [0.3, 0.4) is 0 Å². The molecule has 0 amide bonds. The predicted molar refractivity (Wildman–Crippen MR) is 87.9 cm³/mol. The number of hydrazone groups is 1. The zero-order valence-electron chi connectivity index (χ0n) is 12.9. The number of hydrogen-bond donors (Lipinski definition) is 1. The Balaban J connectivity index is 1.79. The molecule has 6 heteroatoms. The van der Waals surface area contributed by atoms with Gasteiger partial charge in [0.25, 0.3) is 5.69 Å². The number of benzene rings is 2. The van der Waals surface area contributed by atoms with Crippen LogP contribution in [-0.2, 0) is 0 Å². The predicted octanol–water partition coefficient (Wildman–Crippen LogP) is 3.35. The standard InChI is InChI=1S/C17H17N3O3/c1-11-3-8-14(17(9-11)23-2)16-10-15(18-19-16)12-4-6-13(7-5-12)20(21)22/h3-9,15,18H,10H2,1-2H3. The molecule has 0 saturated heterocycles. The average molecular weight is 311 g/mol. The topological polar surface area (TPSA) is 76.8 Å². The minimum Gasteiger partial charge on any atom is -0.496 e. The third kappa shape index (κ3) is 3.01. The van der Waals surface area contributed by atoms with Crippen molar-refractivity contribution in [2.24, 2.45) is 5.10 Å². The lowest BCUT2D eigenvalue weighted by Crippen LogP contribution is -2.10. The van der Waals surface area contributed by atoms with E-state index in [4.69, 9.17) is 4.74 Å². The number of hydrogen-bond acceptors (Lipinski definition) is 5. The second-order valence-electron chi connectivity index (χ2n) is 5.50. The number of nitrogens with zero attached hydrogens (tertiary/aromatic N) is 2. The summed E-state index contributed by atoms with van der Waals surface area (Å²) in [6.07, 6.45) is 0.706. The lowest BCUT2D eigenvalue weighted by Gasteiger charge is -2.11. The molecule has 1 aliphatic rings. The average Bonchev–Trinajstić information content (AvgIpc) is 3.04. The van der Waals surface area contributed by atoms with Crippen LogP contribution in [0.4, 0.5) is 5.69 Å². The Labute approximate surface area is 133 Å². The summed E-state index contributed by atoms with van der Waals surface area (Å²) in [6, 6.07) is 12.6. The Hall–Kier alpha value is -2.89. The van der Waals surface area contributed by atoms with Crippen molar-refractivity contribution in [3.63, 3.8) is 0 Å². The first-order valence-corrected chi connectivity index (χ1v) is 7.30. The summed E-state index contributed by atoms with van der Waals surface area (Å²) < 4.78 is 5.44. The molecule has 1 unspecified atom stereocenters. The van der Waals surface area contributed by atoms with Gasteiger partial charge in [0, 0.05) is 24.1 Å². The van der Waals surface area contributed by atoms with Crippen molar-refractivity contribution in [1.29, 1.82) is 0 Å². The van der Waals surface area contributed by atoms with Gasteiger partial charge in [-0.25, -0.2) is 0 Å². The van der Waals surface area contributed by atoms with Gasteiger partial charge >= 0.3 is 0 Å². The number of rotatable bonds is 4. The molecule has 23 heavy (non-hydrogen) atoms. The molecule has 2 aromatic carbocycles. The van der Waals surface area contributed by atoms with E-state index in [1.165, 1.54) is 12.1 Å². The van der Waals surface area contributed by atoms with Crippen molar-refractivity contribution >= 4 is 11.4 Å². The highest BCUT2D eigenvalue weighted by molar-refractivity contribution is 6.04. The maximum Gasteiger partial charge on any atom is 0.269 e. The smallest absolute Gasteiger partial charge is 0.269 e. The van der Waals surface area contributed by atoms with E-state index < -0.39 is 4.92 Å². The van der Waals surface area contributed by atoms with E-state index in [0.717, 1.165) is 28.2 Å². The van der Waals surface area contributed by atoms with Crippen molar-refractivity contribution in [3.8, 4) is 5.75 Å². The first-order chi connectivity index (χ1) is 11.1. The minimum atomic E-state index is -0.398. The van der Waals surface area contributed by atoms with Crippen LogP contribution in [0.25, 0.3) is 0 Å². The number of ether oxygens (including phenoxy) is 1. The van der Waals surface area contributed by atoms with Crippen LogP contribution in [0.15, 0.2) is 47.6 Å². The molecule has 0 aromatic heterocycles. The molecule has 1 aliphatic heterocycles. The molecule has 2 aromatic rings. The highest BCUT2D eigenvalue weighted by Gasteiger charge is 2.23. The summed E-state index contributed by atoms with van der Waals surface area (Å²) in [5.41, 5.74) is 7.18. The van der Waals surface area contributed by atoms with E-state index in [-0.39, 0.29) is 11.7 Å². The molecule has 118 valence electrons. The fraction of sp³-hybridized carbons (Fsp3) is 0.235. The maximum absolute atomic E-state index is 10.7. The van der Waals surface area contributed by atoms with Crippen molar-refractivity contribution in [2.75, 3.05) is 7.11 Å². The molecule has 1 N–H and O–H groups in total. The molecule has 3 rings (SSSR count). The molecule has 0 radical (unpaired) electrons. The molecule has 0 spiro atoms. The van der Waals surface area contributed by atoms with E-state index >= 15 is 0 Å². The number of aryl methyl sites for hydroxylation is 1. The van der Waals surface area contributed by atoms with Crippen molar-refractivity contribution in [1.82, 2.24) is 5.43 Å². The summed E-state index contributed by atoms with van der Waals surface area (Å²) in [4.78, 5) is 10.3. The fourth-order valence-corrected chi connectivity index (χ4v) is 2.67. The third-order valence-corrected chi connectivity index (χ3v) is 3.93. The van der Waals surface area contributed by atoms with Crippen LogP contribution < -0.4 is 10.2 Å². The van der Waals surface area contributed by atoms with E-state index in [2.05, 4.69) is 10.5 Å². The highest BCUT2D eigenvalue weighted by atomic mass is 16.6. The van der Waals surface area contributed by atoms with Crippen molar-refractivity contribution in [2.45, 2.75) is 19.4 Å². The fourth-order valence-electron chi connectivity index (χ4n) is 2.67.